The van der Waals surface area contributed by atoms with E-state index in [4.69, 9.17) is 0 Å². The highest BCUT2D eigenvalue weighted by Gasteiger charge is 2.42. The van der Waals surface area contributed by atoms with Gasteiger partial charge in [-0.2, -0.15) is 0 Å². The van der Waals surface area contributed by atoms with E-state index in [9.17, 15) is 4.79 Å². The average molecular weight is 301 g/mol. The molecule has 2 N–H and O–H groups in total. The molecule has 3 atom stereocenters. The fourth-order valence-electron chi connectivity index (χ4n) is 3.74. The summed E-state index contributed by atoms with van der Waals surface area (Å²) in [4.78, 5) is 17.0. The summed E-state index contributed by atoms with van der Waals surface area (Å²) in [6, 6.07) is 6.14. The first-order valence-electron chi connectivity index (χ1n) is 7.62. The lowest BCUT2D eigenvalue weighted by Crippen LogP contribution is -2.39. The van der Waals surface area contributed by atoms with Crippen LogP contribution < -0.4 is 10.6 Å². The molecule has 1 aromatic heterocycles. The number of benzene rings is 1. The number of carbonyl (C=O) groups is 1. The van der Waals surface area contributed by atoms with Gasteiger partial charge < -0.3 is 10.6 Å². The van der Waals surface area contributed by atoms with E-state index in [2.05, 4.69) is 34.7 Å². The Kier molecular flexibility index (Phi) is 3.19. The van der Waals surface area contributed by atoms with Crippen LogP contribution in [0.3, 0.4) is 0 Å². The quantitative estimate of drug-likeness (QED) is 0.896. The summed E-state index contributed by atoms with van der Waals surface area (Å²) in [5, 5.41) is 7.11. The molecule has 2 heterocycles. The second-order valence-electron chi connectivity index (χ2n) is 6.22. The number of anilines is 1. The highest BCUT2D eigenvalue weighted by atomic mass is 32.1. The molecule has 1 aromatic carbocycles. The molecule has 0 bridgehead atoms. The molecule has 0 radical (unpaired) electrons. The van der Waals surface area contributed by atoms with Crippen molar-refractivity contribution in [3.8, 4) is 0 Å². The van der Waals surface area contributed by atoms with Gasteiger partial charge in [0.05, 0.1) is 16.3 Å². The monoisotopic (exact) mass is 301 g/mol. The maximum atomic E-state index is 12.5. The highest BCUT2D eigenvalue weighted by molar-refractivity contribution is 7.22. The van der Waals surface area contributed by atoms with E-state index in [-0.39, 0.29) is 11.9 Å². The minimum absolute atomic E-state index is 0.0359. The van der Waals surface area contributed by atoms with Gasteiger partial charge in [0.2, 0.25) is 5.91 Å². The Hall–Kier alpha value is -1.46. The fourth-order valence-corrected chi connectivity index (χ4v) is 4.71. The van der Waals surface area contributed by atoms with Crippen LogP contribution in [0.4, 0.5) is 5.13 Å². The van der Waals surface area contributed by atoms with Crippen LogP contribution in [0.15, 0.2) is 18.2 Å². The summed E-state index contributed by atoms with van der Waals surface area (Å²) in [6.07, 6.45) is 3.71. The number of nitrogens with zero attached hydrogens (tertiary/aromatic N) is 1. The zero-order valence-electron chi connectivity index (χ0n) is 12.1. The Morgan fingerprint density at radius 2 is 2.33 bits per heavy atom. The van der Waals surface area contributed by atoms with Crippen LogP contribution in [0.5, 0.6) is 0 Å². The number of fused-ring (bicyclic) bond motifs is 2. The number of nitrogens with one attached hydrogen (secondary N) is 2. The molecular formula is C16H19N3OS. The molecule has 1 saturated carbocycles. The molecule has 2 fully saturated rings. The van der Waals surface area contributed by atoms with Crippen molar-refractivity contribution in [2.45, 2.75) is 32.2 Å². The minimum atomic E-state index is -0.0359. The van der Waals surface area contributed by atoms with E-state index in [1.54, 1.807) is 11.3 Å². The number of hydrogen-bond donors (Lipinski definition) is 2. The Balaban J connectivity index is 1.52. The number of amides is 1. The van der Waals surface area contributed by atoms with Crippen LogP contribution in [0.25, 0.3) is 10.2 Å². The normalized spacial score (nSPS) is 28.0. The first-order valence-corrected chi connectivity index (χ1v) is 8.44. The van der Waals surface area contributed by atoms with Crippen molar-refractivity contribution < 1.29 is 4.79 Å². The van der Waals surface area contributed by atoms with E-state index in [0.717, 1.165) is 16.8 Å². The molecule has 1 saturated heterocycles. The smallest absolute Gasteiger partial charge is 0.243 e. The SMILES string of the molecule is Cc1ccc2nc(NC(=O)C3NCC4CCCC43)sc2c1. The van der Waals surface area contributed by atoms with Crippen molar-refractivity contribution in [2.24, 2.45) is 11.8 Å². The molecule has 1 aliphatic heterocycles. The van der Waals surface area contributed by atoms with Crippen LogP contribution in [-0.4, -0.2) is 23.5 Å². The van der Waals surface area contributed by atoms with Crippen molar-refractivity contribution in [3.05, 3.63) is 23.8 Å². The summed E-state index contributed by atoms with van der Waals surface area (Å²) >= 11 is 1.55. The molecule has 5 heteroatoms. The first-order chi connectivity index (χ1) is 10.2. The second kappa shape index (κ2) is 5.07. The standard InChI is InChI=1S/C16H19N3OS/c1-9-5-6-12-13(7-9)21-16(18-12)19-15(20)14-11-4-2-3-10(11)8-17-14/h5-7,10-11,14,17H,2-4,8H2,1H3,(H,18,19,20). The Morgan fingerprint density at radius 3 is 3.24 bits per heavy atom. The number of thiazole rings is 1. The minimum Gasteiger partial charge on any atom is -0.305 e. The highest BCUT2D eigenvalue weighted by Crippen LogP contribution is 2.38. The lowest BCUT2D eigenvalue weighted by atomic mass is 9.94. The summed E-state index contributed by atoms with van der Waals surface area (Å²) in [5.41, 5.74) is 2.18. The molecule has 3 unspecified atom stereocenters. The molecule has 21 heavy (non-hydrogen) atoms. The Labute approximate surface area is 128 Å². The topological polar surface area (TPSA) is 54.0 Å². The van der Waals surface area contributed by atoms with Crippen LogP contribution >= 0.6 is 11.3 Å². The molecule has 1 aliphatic carbocycles. The van der Waals surface area contributed by atoms with Crippen LogP contribution in [-0.2, 0) is 4.79 Å². The lowest BCUT2D eigenvalue weighted by molar-refractivity contribution is -0.118. The number of rotatable bonds is 2. The number of aryl methyl sites for hydroxylation is 1. The molecule has 4 nitrogen and oxygen atoms in total. The van der Waals surface area contributed by atoms with Crippen molar-refractivity contribution in [1.82, 2.24) is 10.3 Å². The van der Waals surface area contributed by atoms with Gasteiger partial charge in [-0.3, -0.25) is 4.79 Å². The Bertz CT molecular complexity index is 696. The molecule has 4 rings (SSSR count). The van der Waals surface area contributed by atoms with E-state index < -0.39 is 0 Å². The zero-order chi connectivity index (χ0) is 14.4. The predicted molar refractivity (Wildman–Crippen MR) is 85.6 cm³/mol. The summed E-state index contributed by atoms with van der Waals surface area (Å²) in [6.45, 7) is 3.06. The van der Waals surface area contributed by atoms with Crippen molar-refractivity contribution in [2.75, 3.05) is 11.9 Å². The van der Waals surface area contributed by atoms with Crippen molar-refractivity contribution in [1.29, 1.82) is 0 Å². The van der Waals surface area contributed by atoms with Gasteiger partial charge in [-0.25, -0.2) is 4.98 Å². The molecular weight excluding hydrogens is 282 g/mol. The van der Waals surface area contributed by atoms with Gasteiger partial charge in [-0.1, -0.05) is 23.8 Å². The largest absolute Gasteiger partial charge is 0.305 e. The molecule has 110 valence electrons. The van der Waals surface area contributed by atoms with Crippen molar-refractivity contribution >= 4 is 32.6 Å². The molecule has 0 spiro atoms. The van der Waals surface area contributed by atoms with Crippen molar-refractivity contribution in [3.63, 3.8) is 0 Å². The first kappa shape index (κ1) is 13.2. The summed E-state index contributed by atoms with van der Waals surface area (Å²) < 4.78 is 1.13. The molecule has 2 aliphatic rings. The average Bonchev–Trinajstić information content (AvgIpc) is 3.10. The number of aromatic nitrogens is 1. The fraction of sp³-hybridized carbons (Fsp3) is 0.500. The zero-order valence-corrected chi connectivity index (χ0v) is 12.9. The van der Waals surface area contributed by atoms with Gasteiger partial charge in [-0.15, -0.1) is 0 Å². The van der Waals surface area contributed by atoms with E-state index in [1.165, 1.54) is 24.8 Å². The number of carbonyl (C=O) groups excluding carboxylic acids is 1. The van der Waals surface area contributed by atoms with Gasteiger partial charge >= 0.3 is 0 Å². The van der Waals surface area contributed by atoms with Crippen LogP contribution in [0, 0.1) is 18.8 Å². The Morgan fingerprint density at radius 1 is 1.43 bits per heavy atom. The maximum absolute atomic E-state index is 12.5. The number of hydrogen-bond acceptors (Lipinski definition) is 4. The third kappa shape index (κ3) is 2.34. The summed E-state index contributed by atoms with van der Waals surface area (Å²) in [5.74, 6) is 1.29. The van der Waals surface area contributed by atoms with Crippen LogP contribution in [0.2, 0.25) is 0 Å². The van der Waals surface area contributed by atoms with E-state index in [0.29, 0.717) is 17.0 Å². The third-order valence-electron chi connectivity index (χ3n) is 4.80. The van der Waals surface area contributed by atoms with Gasteiger partial charge in [0, 0.05) is 0 Å². The van der Waals surface area contributed by atoms with E-state index >= 15 is 0 Å². The van der Waals surface area contributed by atoms with Gasteiger partial charge in [0.25, 0.3) is 0 Å². The van der Waals surface area contributed by atoms with Crippen LogP contribution in [0.1, 0.15) is 24.8 Å². The molecule has 2 aromatic rings. The summed E-state index contributed by atoms with van der Waals surface area (Å²) in [7, 11) is 0. The third-order valence-corrected chi connectivity index (χ3v) is 5.74. The predicted octanol–water partition coefficient (Wildman–Crippen LogP) is 2.93. The van der Waals surface area contributed by atoms with Gasteiger partial charge in [-0.05, 0) is 55.8 Å². The second-order valence-corrected chi connectivity index (χ2v) is 7.25. The van der Waals surface area contributed by atoms with E-state index in [1.807, 2.05) is 6.07 Å². The van der Waals surface area contributed by atoms with Gasteiger partial charge in [0.15, 0.2) is 5.13 Å². The lowest BCUT2D eigenvalue weighted by Gasteiger charge is -2.16. The van der Waals surface area contributed by atoms with Gasteiger partial charge in [0.1, 0.15) is 0 Å². The maximum Gasteiger partial charge on any atom is 0.243 e. The molecule has 1 amide bonds.